The van der Waals surface area contributed by atoms with E-state index in [9.17, 15) is 0 Å². The lowest BCUT2D eigenvalue weighted by molar-refractivity contribution is 1.18. The zero-order valence-corrected chi connectivity index (χ0v) is 43.7. The SMILES string of the molecule is c1ccc(-n2c3ccccc3c3cc(N(c4ccc(-c5ccc(N(c6ccc7cc8ccccc8cc7c6)c6ccc7c(c6)c6ccccc6n7-c6ccccc6)cc5)cc4)c4ccc5cc6ccccc6cc5c4)ccc32)cc1. The molecule has 16 aromatic rings. The summed E-state index contributed by atoms with van der Waals surface area (Å²) < 4.78 is 4.76. The van der Waals surface area contributed by atoms with Crippen LogP contribution < -0.4 is 9.80 Å². The Kier molecular flexibility index (Phi) is 10.5. The maximum atomic E-state index is 2.41. The van der Waals surface area contributed by atoms with E-state index in [-0.39, 0.29) is 0 Å². The van der Waals surface area contributed by atoms with E-state index in [0.717, 1.165) is 56.6 Å². The van der Waals surface area contributed by atoms with Crippen molar-refractivity contribution >= 4 is 121 Å². The van der Waals surface area contributed by atoms with Crippen molar-refractivity contribution < 1.29 is 0 Å². The van der Waals surface area contributed by atoms with Crippen LogP contribution in [0.25, 0.3) is 109 Å². The van der Waals surface area contributed by atoms with Gasteiger partial charge in [-0.25, -0.2) is 0 Å². The number of benzene rings is 14. The number of nitrogens with zero attached hydrogens (tertiary/aromatic N) is 4. The Hall–Kier alpha value is -10.7. The smallest absolute Gasteiger partial charge is 0.0542 e. The van der Waals surface area contributed by atoms with E-state index in [0.29, 0.717) is 0 Å². The summed E-state index contributed by atoms with van der Waals surface area (Å²) in [5.41, 5.74) is 15.8. The molecule has 4 heteroatoms. The number of hydrogen-bond donors (Lipinski definition) is 0. The zero-order valence-electron chi connectivity index (χ0n) is 43.7. The highest BCUT2D eigenvalue weighted by molar-refractivity contribution is 6.12. The first kappa shape index (κ1) is 45.5. The van der Waals surface area contributed by atoms with Crippen molar-refractivity contribution in [1.82, 2.24) is 9.13 Å². The van der Waals surface area contributed by atoms with Crippen LogP contribution in [-0.2, 0) is 0 Å². The summed E-state index contributed by atoms with van der Waals surface area (Å²) in [5.74, 6) is 0. The van der Waals surface area contributed by atoms with Crippen LogP contribution in [0.2, 0.25) is 0 Å². The fraction of sp³-hybridized carbons (Fsp3) is 0. The normalized spacial score (nSPS) is 11.8. The summed E-state index contributed by atoms with van der Waals surface area (Å²) in [6.07, 6.45) is 0. The molecule has 0 amide bonds. The van der Waals surface area contributed by atoms with Crippen LogP contribution in [0.1, 0.15) is 0 Å². The molecule has 0 saturated heterocycles. The topological polar surface area (TPSA) is 16.3 Å². The Morgan fingerprint density at radius 3 is 0.900 bits per heavy atom. The zero-order chi connectivity index (χ0) is 52.7. The second-order valence-corrected chi connectivity index (χ2v) is 21.0. The van der Waals surface area contributed by atoms with Crippen LogP contribution in [-0.4, -0.2) is 9.13 Å². The number of aromatic nitrogens is 2. The molecule has 80 heavy (non-hydrogen) atoms. The minimum atomic E-state index is 1.08. The molecule has 0 radical (unpaired) electrons. The first-order valence-corrected chi connectivity index (χ1v) is 27.5. The van der Waals surface area contributed by atoms with Crippen molar-refractivity contribution in [2.75, 3.05) is 9.80 Å². The molecule has 374 valence electrons. The molecule has 0 N–H and O–H groups in total. The highest BCUT2D eigenvalue weighted by Crippen LogP contribution is 2.44. The van der Waals surface area contributed by atoms with Crippen molar-refractivity contribution in [2.45, 2.75) is 0 Å². The third kappa shape index (κ3) is 7.60. The molecule has 4 nitrogen and oxygen atoms in total. The van der Waals surface area contributed by atoms with Gasteiger partial charge in [-0.05, 0) is 200 Å². The second kappa shape index (κ2) is 18.5. The third-order valence-corrected chi connectivity index (χ3v) is 16.3. The number of fused-ring (bicyclic) bond motifs is 10. The summed E-state index contributed by atoms with van der Waals surface area (Å²) in [5, 5.41) is 14.7. The maximum Gasteiger partial charge on any atom is 0.0542 e. The molecule has 0 atom stereocenters. The van der Waals surface area contributed by atoms with Gasteiger partial charge in [-0.1, -0.05) is 158 Å². The molecule has 0 spiro atoms. The van der Waals surface area contributed by atoms with Gasteiger partial charge in [-0.15, -0.1) is 0 Å². The fourth-order valence-electron chi connectivity index (χ4n) is 12.5. The van der Waals surface area contributed by atoms with E-state index >= 15 is 0 Å². The highest BCUT2D eigenvalue weighted by Gasteiger charge is 2.21. The Balaban J connectivity index is 0.805. The number of anilines is 6. The van der Waals surface area contributed by atoms with Crippen LogP contribution in [0.15, 0.2) is 303 Å². The van der Waals surface area contributed by atoms with Gasteiger partial charge in [0.1, 0.15) is 0 Å². The summed E-state index contributed by atoms with van der Waals surface area (Å²) >= 11 is 0. The van der Waals surface area contributed by atoms with E-state index in [4.69, 9.17) is 0 Å². The monoisotopic (exact) mass is 1020 g/mol. The van der Waals surface area contributed by atoms with Gasteiger partial charge in [0, 0.05) is 67.0 Å². The number of rotatable bonds is 9. The molecule has 0 aliphatic carbocycles. The summed E-state index contributed by atoms with van der Waals surface area (Å²) in [6, 6.07) is 111. The van der Waals surface area contributed by atoms with Gasteiger partial charge < -0.3 is 18.9 Å². The Morgan fingerprint density at radius 2 is 0.487 bits per heavy atom. The van der Waals surface area contributed by atoms with Crippen molar-refractivity contribution in [1.29, 1.82) is 0 Å². The molecule has 14 aromatic carbocycles. The van der Waals surface area contributed by atoms with Crippen LogP contribution in [0.5, 0.6) is 0 Å². The van der Waals surface area contributed by atoms with Crippen LogP contribution in [0.4, 0.5) is 34.1 Å². The summed E-state index contributed by atoms with van der Waals surface area (Å²) in [6.45, 7) is 0. The van der Waals surface area contributed by atoms with Gasteiger partial charge in [-0.3, -0.25) is 0 Å². The molecule has 2 aromatic heterocycles. The van der Waals surface area contributed by atoms with Crippen molar-refractivity contribution in [3.63, 3.8) is 0 Å². The third-order valence-electron chi connectivity index (χ3n) is 16.3. The van der Waals surface area contributed by atoms with Gasteiger partial charge in [0.05, 0.1) is 22.1 Å². The first-order chi connectivity index (χ1) is 39.6. The lowest BCUT2D eigenvalue weighted by Gasteiger charge is -2.27. The molecule has 0 unspecified atom stereocenters. The first-order valence-electron chi connectivity index (χ1n) is 27.5. The largest absolute Gasteiger partial charge is 0.310 e. The number of hydrogen-bond acceptors (Lipinski definition) is 2. The van der Waals surface area contributed by atoms with E-state index in [1.54, 1.807) is 0 Å². The molecule has 0 aliphatic rings. The molecular weight excluding hydrogens is 969 g/mol. The lowest BCUT2D eigenvalue weighted by atomic mass is 10.0. The molecule has 0 aliphatic heterocycles. The summed E-state index contributed by atoms with van der Waals surface area (Å²) in [4.78, 5) is 4.82. The minimum Gasteiger partial charge on any atom is -0.310 e. The van der Waals surface area contributed by atoms with Crippen LogP contribution in [0.3, 0.4) is 0 Å². The quantitative estimate of drug-likeness (QED) is 0.134. The van der Waals surface area contributed by atoms with Gasteiger partial charge in [-0.2, -0.15) is 0 Å². The van der Waals surface area contributed by atoms with Crippen molar-refractivity contribution in [2.24, 2.45) is 0 Å². The minimum absolute atomic E-state index is 1.08. The number of para-hydroxylation sites is 4. The van der Waals surface area contributed by atoms with Crippen molar-refractivity contribution in [3.8, 4) is 22.5 Å². The standard InChI is InChI=1S/C76H50N4/c1-3-19-61(20-4-1)79-73-25-13-11-23-69(73)71-49-67(39-41-75(71)79)77(65-37-31-57-43-53-15-7-9-17-55(53)45-59(57)47-65)63-33-27-51(28-34-63)52-29-35-64(36-30-52)78(66-38-32-58-44-54-16-8-10-18-56(54)46-60(58)48-66)68-40-42-76-72(50-68)70-24-12-14-26-74(70)80(76)62-21-5-2-6-22-62/h1-50H. The molecule has 0 saturated carbocycles. The van der Waals surface area contributed by atoms with E-state index in [1.165, 1.54) is 86.7 Å². The second-order valence-electron chi connectivity index (χ2n) is 21.0. The molecule has 0 fully saturated rings. The average Bonchev–Trinajstić information content (AvgIpc) is 4.06. The molecular formula is C76H50N4. The van der Waals surface area contributed by atoms with Gasteiger partial charge in [0.2, 0.25) is 0 Å². The molecule has 2 heterocycles. The van der Waals surface area contributed by atoms with Gasteiger partial charge in [0.15, 0.2) is 0 Å². The van der Waals surface area contributed by atoms with E-state index in [2.05, 4.69) is 322 Å². The van der Waals surface area contributed by atoms with E-state index < -0.39 is 0 Å². The predicted molar refractivity (Wildman–Crippen MR) is 340 cm³/mol. The molecule has 16 rings (SSSR count). The van der Waals surface area contributed by atoms with Crippen LogP contribution in [0, 0.1) is 0 Å². The highest BCUT2D eigenvalue weighted by atomic mass is 15.1. The summed E-state index contributed by atoms with van der Waals surface area (Å²) in [7, 11) is 0. The van der Waals surface area contributed by atoms with Gasteiger partial charge >= 0.3 is 0 Å². The average molecular weight is 1020 g/mol. The Morgan fingerprint density at radius 1 is 0.188 bits per heavy atom. The van der Waals surface area contributed by atoms with Crippen molar-refractivity contribution in [3.05, 3.63) is 303 Å². The van der Waals surface area contributed by atoms with Gasteiger partial charge in [0.25, 0.3) is 0 Å². The fourth-order valence-corrected chi connectivity index (χ4v) is 12.5. The lowest BCUT2D eigenvalue weighted by Crippen LogP contribution is -2.10. The van der Waals surface area contributed by atoms with E-state index in [1.807, 2.05) is 0 Å². The van der Waals surface area contributed by atoms with Crippen LogP contribution >= 0.6 is 0 Å². The maximum absolute atomic E-state index is 2.41. The Bertz CT molecular complexity index is 4730. The Labute approximate surface area is 463 Å². The predicted octanol–water partition coefficient (Wildman–Crippen LogP) is 21.1. The molecule has 0 bridgehead atoms.